The molecule has 2 nitrogen and oxygen atoms in total. The van der Waals surface area contributed by atoms with Crippen LogP contribution in [0.4, 0.5) is 4.39 Å². The summed E-state index contributed by atoms with van der Waals surface area (Å²) in [4.78, 5) is 12.0. The fourth-order valence-corrected chi connectivity index (χ4v) is 1.71. The van der Waals surface area contributed by atoms with Crippen LogP contribution in [0.5, 0.6) is 0 Å². The number of hydrogen-bond donors (Lipinski definition) is 0. The fraction of sp³-hybridized carbons (Fsp3) is 0.462. The Kier molecular flexibility index (Phi) is 4.66. The molecule has 0 radical (unpaired) electrons. The molecule has 1 aromatic rings. The maximum Gasteiger partial charge on any atom is 0.168 e. The smallest absolute Gasteiger partial charge is 0.168 e. The first-order valence-corrected chi connectivity index (χ1v) is 5.86. The first kappa shape index (κ1) is 14.1. The molecular weight excluding hydrogens is 243 g/mol. The van der Waals surface area contributed by atoms with Gasteiger partial charge >= 0.3 is 0 Å². The lowest BCUT2D eigenvalue weighted by molar-refractivity contribution is -0.139. The molecular formula is C13H16ClFO2. The molecule has 0 bridgehead atoms. The van der Waals surface area contributed by atoms with Gasteiger partial charge in [0.1, 0.15) is 11.4 Å². The van der Waals surface area contributed by atoms with Gasteiger partial charge in [-0.05, 0) is 32.4 Å². The van der Waals surface area contributed by atoms with E-state index >= 15 is 0 Å². The van der Waals surface area contributed by atoms with Crippen molar-refractivity contribution in [2.45, 2.75) is 32.8 Å². The summed E-state index contributed by atoms with van der Waals surface area (Å²) >= 11 is 5.66. The molecule has 0 fully saturated rings. The van der Waals surface area contributed by atoms with E-state index in [1.807, 2.05) is 6.92 Å². The van der Waals surface area contributed by atoms with E-state index in [4.69, 9.17) is 16.3 Å². The number of benzene rings is 1. The maximum atomic E-state index is 13.6. The van der Waals surface area contributed by atoms with Gasteiger partial charge in [-0.15, -0.1) is 0 Å². The summed E-state index contributed by atoms with van der Waals surface area (Å²) in [6, 6.07) is 4.64. The van der Waals surface area contributed by atoms with Gasteiger partial charge in [0.2, 0.25) is 0 Å². The standard InChI is InChI=1S/C13H16ClFO2/c1-4-17-13(2,3)11(16)8-9-6-5-7-10(14)12(9)15/h5-7H,4,8H2,1-3H3. The largest absolute Gasteiger partial charge is 0.368 e. The third kappa shape index (κ3) is 3.51. The predicted octanol–water partition coefficient (Wildman–Crippen LogP) is 3.41. The first-order chi connectivity index (χ1) is 7.88. The van der Waals surface area contributed by atoms with Crippen LogP contribution in [-0.2, 0) is 16.0 Å². The van der Waals surface area contributed by atoms with Crippen molar-refractivity contribution in [2.75, 3.05) is 6.61 Å². The van der Waals surface area contributed by atoms with Crippen molar-refractivity contribution in [2.24, 2.45) is 0 Å². The molecule has 0 saturated heterocycles. The van der Waals surface area contributed by atoms with E-state index in [2.05, 4.69) is 0 Å². The summed E-state index contributed by atoms with van der Waals surface area (Å²) in [6.07, 6.45) is -0.0145. The zero-order chi connectivity index (χ0) is 13.1. The van der Waals surface area contributed by atoms with Crippen LogP contribution in [0.1, 0.15) is 26.3 Å². The van der Waals surface area contributed by atoms with Crippen LogP contribution < -0.4 is 0 Å². The van der Waals surface area contributed by atoms with Gasteiger partial charge in [0.15, 0.2) is 5.78 Å². The quantitative estimate of drug-likeness (QED) is 0.809. The molecule has 0 saturated carbocycles. The van der Waals surface area contributed by atoms with Crippen LogP contribution >= 0.6 is 11.6 Å². The number of Topliss-reactive ketones (excluding diaryl/α,β-unsaturated/α-hetero) is 1. The Morgan fingerprint density at radius 3 is 2.71 bits per heavy atom. The van der Waals surface area contributed by atoms with E-state index in [1.54, 1.807) is 26.0 Å². The molecule has 94 valence electrons. The predicted molar refractivity (Wildman–Crippen MR) is 65.8 cm³/mol. The van der Waals surface area contributed by atoms with Gasteiger partial charge in [0.25, 0.3) is 0 Å². The van der Waals surface area contributed by atoms with Crippen molar-refractivity contribution < 1.29 is 13.9 Å². The zero-order valence-corrected chi connectivity index (χ0v) is 11.0. The minimum Gasteiger partial charge on any atom is -0.368 e. The van der Waals surface area contributed by atoms with Crippen molar-refractivity contribution in [3.63, 3.8) is 0 Å². The lowest BCUT2D eigenvalue weighted by Crippen LogP contribution is -2.36. The van der Waals surface area contributed by atoms with E-state index < -0.39 is 11.4 Å². The van der Waals surface area contributed by atoms with Crippen molar-refractivity contribution in [1.82, 2.24) is 0 Å². The molecule has 0 atom stereocenters. The zero-order valence-electron chi connectivity index (χ0n) is 10.2. The number of hydrogen-bond acceptors (Lipinski definition) is 2. The first-order valence-electron chi connectivity index (χ1n) is 5.48. The number of rotatable bonds is 5. The van der Waals surface area contributed by atoms with Gasteiger partial charge in [-0.3, -0.25) is 4.79 Å². The molecule has 17 heavy (non-hydrogen) atoms. The highest BCUT2D eigenvalue weighted by atomic mass is 35.5. The Bertz CT molecular complexity index is 416. The Morgan fingerprint density at radius 2 is 2.12 bits per heavy atom. The summed E-state index contributed by atoms with van der Waals surface area (Å²) in [5.74, 6) is -0.699. The van der Waals surface area contributed by atoms with E-state index in [9.17, 15) is 9.18 Å². The van der Waals surface area contributed by atoms with Gasteiger partial charge < -0.3 is 4.74 Å². The highest BCUT2D eigenvalue weighted by Gasteiger charge is 2.28. The SMILES string of the molecule is CCOC(C)(C)C(=O)Cc1cccc(Cl)c1F. The molecule has 0 amide bonds. The van der Waals surface area contributed by atoms with Gasteiger partial charge in [-0.1, -0.05) is 23.7 Å². The second-order valence-corrected chi connectivity index (χ2v) is 4.66. The van der Waals surface area contributed by atoms with Crippen molar-refractivity contribution in [1.29, 1.82) is 0 Å². The molecule has 0 unspecified atom stereocenters. The molecule has 0 aromatic heterocycles. The number of carbonyl (C=O) groups excluding carboxylic acids is 1. The average Bonchev–Trinajstić information content (AvgIpc) is 2.24. The Balaban J connectivity index is 2.85. The second kappa shape index (κ2) is 5.61. The number of carbonyl (C=O) groups is 1. The molecule has 0 aliphatic carbocycles. The third-order valence-corrected chi connectivity index (χ3v) is 2.85. The van der Waals surface area contributed by atoms with Gasteiger partial charge in [-0.25, -0.2) is 4.39 Å². The average molecular weight is 259 g/mol. The van der Waals surface area contributed by atoms with Crippen LogP contribution in [-0.4, -0.2) is 18.0 Å². The summed E-state index contributed by atoms with van der Waals surface area (Å²) in [5.41, 5.74) is -0.598. The number of ketones is 1. The molecule has 0 aliphatic rings. The Hall–Kier alpha value is -0.930. The summed E-state index contributed by atoms with van der Waals surface area (Å²) < 4.78 is 18.9. The minimum atomic E-state index is -0.899. The third-order valence-electron chi connectivity index (χ3n) is 2.56. The number of ether oxygens (including phenoxy) is 1. The molecule has 1 rings (SSSR count). The molecule has 0 spiro atoms. The Morgan fingerprint density at radius 1 is 1.47 bits per heavy atom. The van der Waals surface area contributed by atoms with Gasteiger partial charge in [0, 0.05) is 13.0 Å². The lowest BCUT2D eigenvalue weighted by Gasteiger charge is -2.23. The second-order valence-electron chi connectivity index (χ2n) is 4.26. The van der Waals surface area contributed by atoms with E-state index in [1.165, 1.54) is 6.07 Å². The van der Waals surface area contributed by atoms with Gasteiger partial charge in [0.05, 0.1) is 5.02 Å². The topological polar surface area (TPSA) is 26.3 Å². The van der Waals surface area contributed by atoms with Gasteiger partial charge in [-0.2, -0.15) is 0 Å². The molecule has 0 N–H and O–H groups in total. The maximum absolute atomic E-state index is 13.6. The number of halogens is 2. The van der Waals surface area contributed by atoms with Crippen LogP contribution in [0.25, 0.3) is 0 Å². The summed E-state index contributed by atoms with van der Waals surface area (Å²) in [7, 11) is 0. The van der Waals surface area contributed by atoms with E-state index in [0.29, 0.717) is 12.2 Å². The van der Waals surface area contributed by atoms with Crippen molar-refractivity contribution in [3.05, 3.63) is 34.6 Å². The van der Waals surface area contributed by atoms with Crippen LogP contribution in [0.3, 0.4) is 0 Å². The minimum absolute atomic E-state index is 0.0145. The molecule has 0 heterocycles. The van der Waals surface area contributed by atoms with Crippen molar-refractivity contribution >= 4 is 17.4 Å². The summed E-state index contributed by atoms with van der Waals surface area (Å²) in [6.45, 7) is 5.62. The van der Waals surface area contributed by atoms with Crippen molar-refractivity contribution in [3.8, 4) is 0 Å². The van der Waals surface area contributed by atoms with E-state index in [0.717, 1.165) is 0 Å². The van der Waals surface area contributed by atoms with Crippen LogP contribution in [0.2, 0.25) is 5.02 Å². The van der Waals surface area contributed by atoms with Crippen LogP contribution in [0.15, 0.2) is 18.2 Å². The highest BCUT2D eigenvalue weighted by molar-refractivity contribution is 6.30. The fourth-order valence-electron chi connectivity index (χ4n) is 1.51. The lowest BCUT2D eigenvalue weighted by atomic mass is 9.96. The van der Waals surface area contributed by atoms with Crippen LogP contribution in [0, 0.1) is 5.82 Å². The normalized spacial score (nSPS) is 11.6. The van der Waals surface area contributed by atoms with E-state index in [-0.39, 0.29) is 17.2 Å². The molecule has 4 heteroatoms. The Labute approximate surface area is 106 Å². The highest BCUT2D eigenvalue weighted by Crippen LogP contribution is 2.21. The molecule has 1 aromatic carbocycles. The molecule has 0 aliphatic heterocycles. The monoisotopic (exact) mass is 258 g/mol. The summed E-state index contributed by atoms with van der Waals surface area (Å²) in [5, 5.41) is 0.0320.